The fourth-order valence-corrected chi connectivity index (χ4v) is 3.27. The average Bonchev–Trinajstić information content (AvgIpc) is 2.63. The molecule has 12 heteroatoms. The van der Waals surface area contributed by atoms with E-state index in [0.29, 0.717) is 27.8 Å². The van der Waals surface area contributed by atoms with Crippen LogP contribution in [-0.4, -0.2) is 21.9 Å². The van der Waals surface area contributed by atoms with Crippen molar-refractivity contribution in [3.8, 4) is 0 Å². The van der Waals surface area contributed by atoms with Gasteiger partial charge in [0.05, 0.1) is 9.85 Å². The minimum atomic E-state index is -0.557. The fourth-order valence-electron chi connectivity index (χ4n) is 2.62. The predicted octanol–water partition coefficient (Wildman–Crippen LogP) is 7.03. The lowest BCUT2D eigenvalue weighted by molar-refractivity contribution is -0.384. The molecule has 8 nitrogen and oxygen atoms in total. The predicted molar refractivity (Wildman–Crippen MR) is 132 cm³/mol. The molecule has 0 radical (unpaired) electrons. The number of benzene rings is 2. The lowest BCUT2D eigenvalue weighted by Gasteiger charge is -2.27. The van der Waals surface area contributed by atoms with Gasteiger partial charge in [0, 0.05) is 34.3 Å². The van der Waals surface area contributed by atoms with Crippen LogP contribution in [-0.2, 0) is 0 Å². The Morgan fingerprint density at radius 1 is 0.844 bits per heavy atom. The zero-order chi connectivity index (χ0) is 23.0. The molecule has 2 aliphatic rings. The third kappa shape index (κ3) is 8.96. The Hall–Kier alpha value is -1.84. The monoisotopic (exact) mass is 524 g/mol. The van der Waals surface area contributed by atoms with E-state index in [1.54, 1.807) is 6.07 Å². The molecule has 0 unspecified atom stereocenters. The largest absolute Gasteiger partial charge is 0.377 e. The molecule has 0 spiro atoms. The average molecular weight is 526 g/mol. The highest BCUT2D eigenvalue weighted by Gasteiger charge is 2.21. The second-order valence-corrected chi connectivity index (χ2v) is 8.51. The minimum absolute atomic E-state index is 0. The van der Waals surface area contributed by atoms with Crippen molar-refractivity contribution in [1.82, 2.24) is 0 Å². The number of halogens is 4. The van der Waals surface area contributed by atoms with Gasteiger partial charge in [0.1, 0.15) is 10.7 Å². The van der Waals surface area contributed by atoms with Gasteiger partial charge in [-0.25, -0.2) is 0 Å². The van der Waals surface area contributed by atoms with Gasteiger partial charge in [-0.05, 0) is 56.4 Å². The van der Waals surface area contributed by atoms with E-state index in [4.69, 9.17) is 40.5 Å². The lowest BCUT2D eigenvalue weighted by atomic mass is 9.93. The van der Waals surface area contributed by atoms with Crippen molar-refractivity contribution >= 4 is 64.3 Å². The summed E-state index contributed by atoms with van der Waals surface area (Å²) in [5.74, 6) is 0. The first kappa shape index (κ1) is 28.2. The zero-order valence-electron chi connectivity index (χ0n) is 17.0. The maximum absolute atomic E-state index is 10.7. The molecule has 2 aliphatic carbocycles. The molecule has 2 aromatic carbocycles. The number of nitrogens with zero attached hydrogens (tertiary/aromatic N) is 2. The maximum atomic E-state index is 10.7. The van der Waals surface area contributed by atoms with Gasteiger partial charge in [0.25, 0.3) is 11.4 Å². The molecule has 2 aromatic rings. The molecule has 0 atom stereocenters. The molecule has 32 heavy (non-hydrogen) atoms. The summed E-state index contributed by atoms with van der Waals surface area (Å²) in [6, 6.07) is 9.53. The van der Waals surface area contributed by atoms with E-state index < -0.39 is 9.85 Å². The first-order valence-corrected chi connectivity index (χ1v) is 10.9. The Bertz CT molecular complexity index is 924. The maximum Gasteiger partial charge on any atom is 0.292 e. The summed E-state index contributed by atoms with van der Waals surface area (Å²) in [6.07, 6.45) is 7.22. The van der Waals surface area contributed by atoms with Crippen LogP contribution in [0.3, 0.4) is 0 Å². The molecular formula is C20H24Cl4N4O4. The van der Waals surface area contributed by atoms with Crippen molar-refractivity contribution in [3.05, 3.63) is 71.7 Å². The molecule has 0 heterocycles. The van der Waals surface area contributed by atoms with E-state index in [-0.39, 0.29) is 28.8 Å². The minimum Gasteiger partial charge on any atom is -0.377 e. The van der Waals surface area contributed by atoms with Crippen LogP contribution in [0.1, 0.15) is 38.5 Å². The molecule has 0 amide bonds. The molecule has 2 fully saturated rings. The lowest BCUT2D eigenvalue weighted by Crippen LogP contribution is -2.27. The van der Waals surface area contributed by atoms with E-state index in [1.165, 1.54) is 56.0 Å². The van der Waals surface area contributed by atoms with E-state index in [9.17, 15) is 20.2 Å². The van der Waals surface area contributed by atoms with Gasteiger partial charge in [0.2, 0.25) is 0 Å². The number of nitrogens with two attached hydrogens (primary N) is 1. The van der Waals surface area contributed by atoms with Crippen LogP contribution in [0.5, 0.6) is 0 Å². The van der Waals surface area contributed by atoms with E-state index in [1.807, 2.05) is 0 Å². The molecule has 0 bridgehead atoms. The summed E-state index contributed by atoms with van der Waals surface area (Å²) >= 11 is 16.8. The van der Waals surface area contributed by atoms with Crippen LogP contribution in [0, 0.1) is 20.2 Å². The quantitative estimate of drug-likeness (QED) is 0.326. The van der Waals surface area contributed by atoms with Crippen LogP contribution in [0.15, 0.2) is 36.4 Å². The Balaban J connectivity index is 0.000000264. The number of nitro groups is 2. The highest BCUT2D eigenvalue weighted by molar-refractivity contribution is 6.35. The van der Waals surface area contributed by atoms with E-state index in [2.05, 4.69) is 5.32 Å². The summed E-state index contributed by atoms with van der Waals surface area (Å²) in [6.45, 7) is 0. The van der Waals surface area contributed by atoms with Gasteiger partial charge in [-0.15, -0.1) is 12.4 Å². The van der Waals surface area contributed by atoms with Gasteiger partial charge in [-0.2, -0.15) is 0 Å². The Kier molecular flexibility index (Phi) is 12.0. The van der Waals surface area contributed by atoms with Gasteiger partial charge in [-0.3, -0.25) is 20.2 Å². The van der Waals surface area contributed by atoms with Crippen LogP contribution < -0.4 is 11.1 Å². The zero-order valence-corrected chi connectivity index (χ0v) is 20.1. The van der Waals surface area contributed by atoms with Crippen molar-refractivity contribution in [3.63, 3.8) is 0 Å². The molecule has 0 aromatic heterocycles. The summed E-state index contributed by atoms with van der Waals surface area (Å²) in [5, 5.41) is 25.1. The van der Waals surface area contributed by atoms with Gasteiger partial charge in [-0.1, -0.05) is 41.2 Å². The molecule has 3 N–H and O–H groups in total. The van der Waals surface area contributed by atoms with E-state index in [0.717, 1.165) is 12.8 Å². The number of hydrogen-bond donors (Lipinski definition) is 2. The normalized spacial score (nSPS) is 14.8. The number of anilines is 1. The SMILES string of the molecule is Cl.NC1CCC1.O=[N+]([O-])c1ccc(Cl)cc1Cl.O=[N+]([O-])c1ccc(Cl)cc1NC1CCC1. The van der Waals surface area contributed by atoms with Crippen LogP contribution in [0.4, 0.5) is 17.1 Å². The first-order chi connectivity index (χ1) is 14.7. The molecule has 176 valence electrons. The van der Waals surface area contributed by atoms with Gasteiger partial charge in [0.15, 0.2) is 0 Å². The Morgan fingerprint density at radius 3 is 1.69 bits per heavy atom. The summed E-state index contributed by atoms with van der Waals surface area (Å²) < 4.78 is 0. The second kappa shape index (κ2) is 13.6. The molecule has 2 saturated carbocycles. The molecular weight excluding hydrogens is 502 g/mol. The smallest absolute Gasteiger partial charge is 0.292 e. The highest BCUT2D eigenvalue weighted by Crippen LogP contribution is 2.31. The highest BCUT2D eigenvalue weighted by atomic mass is 35.5. The number of nitrogens with one attached hydrogen (secondary N) is 1. The van der Waals surface area contributed by atoms with Crippen LogP contribution >= 0.6 is 47.2 Å². The third-order valence-corrected chi connectivity index (χ3v) is 5.65. The number of rotatable bonds is 4. The molecule has 0 aliphatic heterocycles. The summed E-state index contributed by atoms with van der Waals surface area (Å²) in [5.41, 5.74) is 5.86. The Morgan fingerprint density at radius 2 is 1.31 bits per heavy atom. The topological polar surface area (TPSA) is 124 Å². The summed E-state index contributed by atoms with van der Waals surface area (Å²) in [4.78, 5) is 20.0. The fraction of sp³-hybridized carbons (Fsp3) is 0.400. The second-order valence-electron chi connectivity index (χ2n) is 7.23. The molecule has 0 saturated heterocycles. The summed E-state index contributed by atoms with van der Waals surface area (Å²) in [7, 11) is 0. The number of nitro benzene ring substituents is 2. The van der Waals surface area contributed by atoms with Crippen molar-refractivity contribution in [2.75, 3.05) is 5.32 Å². The van der Waals surface area contributed by atoms with Gasteiger partial charge < -0.3 is 11.1 Å². The van der Waals surface area contributed by atoms with Crippen molar-refractivity contribution in [2.24, 2.45) is 5.73 Å². The third-order valence-electron chi connectivity index (χ3n) is 4.88. The van der Waals surface area contributed by atoms with Gasteiger partial charge >= 0.3 is 0 Å². The van der Waals surface area contributed by atoms with Crippen LogP contribution in [0.2, 0.25) is 15.1 Å². The van der Waals surface area contributed by atoms with Crippen molar-refractivity contribution in [2.45, 2.75) is 50.6 Å². The Labute approximate surface area is 207 Å². The molecule has 4 rings (SSSR count). The van der Waals surface area contributed by atoms with Crippen molar-refractivity contribution in [1.29, 1.82) is 0 Å². The van der Waals surface area contributed by atoms with E-state index >= 15 is 0 Å². The number of hydrogen-bond acceptors (Lipinski definition) is 6. The first-order valence-electron chi connectivity index (χ1n) is 9.73. The van der Waals surface area contributed by atoms with Crippen molar-refractivity contribution < 1.29 is 9.85 Å². The van der Waals surface area contributed by atoms with Crippen LogP contribution in [0.25, 0.3) is 0 Å². The standard InChI is InChI=1S/C10H11ClN2O2.C6H3Cl2NO2.C4H9N.ClH/c11-7-4-5-10(13(14)15)9(6-7)12-8-2-1-3-8;7-4-1-2-6(9(10)11)5(8)3-4;5-4-2-1-3-4;/h4-6,8,12H,1-3H2;1-3H;4H,1-3,5H2;1H.